The maximum Gasteiger partial charge on any atom is 0.241 e. The highest BCUT2D eigenvalue weighted by molar-refractivity contribution is 8.00. The molecule has 0 saturated heterocycles. The van der Waals surface area contributed by atoms with Crippen LogP contribution in [0.4, 0.5) is 5.69 Å². The summed E-state index contributed by atoms with van der Waals surface area (Å²) in [5.41, 5.74) is 0.00383. The second kappa shape index (κ2) is 5.62. The van der Waals surface area contributed by atoms with E-state index in [0.29, 0.717) is 12.1 Å². The predicted molar refractivity (Wildman–Crippen MR) is 85.1 cm³/mol. The van der Waals surface area contributed by atoms with E-state index in [1.807, 2.05) is 6.92 Å². The number of sulfonamides is 1. The number of thioether (sulfide) groups is 1. The Morgan fingerprint density at radius 2 is 2.00 bits per heavy atom. The number of anilines is 1. The molecule has 21 heavy (non-hydrogen) atoms. The Morgan fingerprint density at radius 1 is 1.33 bits per heavy atom. The van der Waals surface area contributed by atoms with E-state index in [4.69, 9.17) is 0 Å². The van der Waals surface area contributed by atoms with Gasteiger partial charge in [-0.1, -0.05) is 6.92 Å². The minimum absolute atomic E-state index is 0.0907. The summed E-state index contributed by atoms with van der Waals surface area (Å²) in [6.07, 6.45) is 0.418. The Hall–Kier alpha value is -1.05. The molecule has 1 aromatic rings. The van der Waals surface area contributed by atoms with E-state index in [1.165, 1.54) is 6.07 Å². The summed E-state index contributed by atoms with van der Waals surface area (Å²) in [4.78, 5) is 12.8. The fraction of sp³-hybridized carbons (Fsp3) is 0.500. The van der Waals surface area contributed by atoms with Crippen LogP contribution in [0.15, 0.2) is 28.0 Å². The van der Waals surface area contributed by atoms with Gasteiger partial charge < -0.3 is 5.32 Å². The molecule has 0 aliphatic carbocycles. The molecule has 1 atom stereocenters. The van der Waals surface area contributed by atoms with Gasteiger partial charge in [-0.05, 0) is 39.0 Å². The van der Waals surface area contributed by atoms with E-state index in [2.05, 4.69) is 10.0 Å². The maximum atomic E-state index is 12.3. The van der Waals surface area contributed by atoms with Crippen molar-refractivity contribution in [1.82, 2.24) is 4.72 Å². The molecular formula is C14H20N2O3S2. The van der Waals surface area contributed by atoms with Gasteiger partial charge in [0.15, 0.2) is 0 Å². The van der Waals surface area contributed by atoms with Crippen molar-refractivity contribution in [2.45, 2.75) is 54.7 Å². The van der Waals surface area contributed by atoms with E-state index in [9.17, 15) is 13.2 Å². The van der Waals surface area contributed by atoms with Gasteiger partial charge in [-0.3, -0.25) is 4.79 Å². The largest absolute Gasteiger partial charge is 0.325 e. The van der Waals surface area contributed by atoms with Gasteiger partial charge in [0.25, 0.3) is 0 Å². The molecule has 0 saturated carbocycles. The summed E-state index contributed by atoms with van der Waals surface area (Å²) in [5, 5.41) is 2.94. The number of nitrogens with one attached hydrogen (secondary N) is 2. The molecular weight excluding hydrogens is 308 g/mol. The highest BCUT2D eigenvalue weighted by Crippen LogP contribution is 2.36. The van der Waals surface area contributed by atoms with Crippen molar-refractivity contribution < 1.29 is 13.2 Å². The lowest BCUT2D eigenvalue weighted by molar-refractivity contribution is -0.116. The molecule has 5 nitrogen and oxygen atoms in total. The molecule has 1 amide bonds. The topological polar surface area (TPSA) is 75.3 Å². The lowest BCUT2D eigenvalue weighted by atomic mass is 10.1. The van der Waals surface area contributed by atoms with Crippen LogP contribution in [-0.4, -0.2) is 25.1 Å². The fourth-order valence-corrected chi connectivity index (χ4v) is 4.56. The molecule has 0 spiro atoms. The number of rotatable bonds is 2. The first-order valence-corrected chi connectivity index (χ1v) is 9.08. The van der Waals surface area contributed by atoms with Gasteiger partial charge in [-0.15, -0.1) is 11.8 Å². The van der Waals surface area contributed by atoms with Gasteiger partial charge in [0.1, 0.15) is 0 Å². The van der Waals surface area contributed by atoms with Crippen molar-refractivity contribution >= 4 is 33.4 Å². The minimum atomic E-state index is -3.60. The van der Waals surface area contributed by atoms with Crippen LogP contribution in [0.2, 0.25) is 0 Å². The summed E-state index contributed by atoms with van der Waals surface area (Å²) in [6, 6.07) is 4.84. The van der Waals surface area contributed by atoms with Crippen LogP contribution in [-0.2, 0) is 14.8 Å². The third kappa shape index (κ3) is 4.21. The van der Waals surface area contributed by atoms with Crippen LogP contribution in [0.3, 0.4) is 0 Å². The third-order valence-electron chi connectivity index (χ3n) is 2.78. The molecule has 1 unspecified atom stereocenters. The van der Waals surface area contributed by atoms with E-state index in [0.717, 1.165) is 4.90 Å². The van der Waals surface area contributed by atoms with Crippen molar-refractivity contribution in [1.29, 1.82) is 0 Å². The summed E-state index contributed by atoms with van der Waals surface area (Å²) < 4.78 is 27.3. The van der Waals surface area contributed by atoms with E-state index < -0.39 is 15.6 Å². The van der Waals surface area contributed by atoms with Crippen molar-refractivity contribution in [3.8, 4) is 0 Å². The lowest BCUT2D eigenvalue weighted by Gasteiger charge is -2.20. The minimum Gasteiger partial charge on any atom is -0.325 e. The second-order valence-corrected chi connectivity index (χ2v) is 9.36. The van der Waals surface area contributed by atoms with Crippen LogP contribution in [0.25, 0.3) is 0 Å². The Morgan fingerprint density at radius 3 is 2.62 bits per heavy atom. The molecule has 2 N–H and O–H groups in total. The van der Waals surface area contributed by atoms with E-state index in [1.54, 1.807) is 44.7 Å². The predicted octanol–water partition coefficient (Wildman–Crippen LogP) is 2.59. The second-order valence-electron chi connectivity index (χ2n) is 6.19. The number of hydrogen-bond acceptors (Lipinski definition) is 4. The lowest BCUT2D eigenvalue weighted by Crippen LogP contribution is -2.40. The molecule has 1 aromatic carbocycles. The Kier molecular flexibility index (Phi) is 4.37. The zero-order chi connectivity index (χ0) is 15.8. The monoisotopic (exact) mass is 328 g/mol. The van der Waals surface area contributed by atoms with Gasteiger partial charge in [0.05, 0.1) is 10.6 Å². The molecule has 0 bridgehead atoms. The molecule has 1 aliphatic rings. The first-order chi connectivity index (χ1) is 9.57. The van der Waals surface area contributed by atoms with Crippen molar-refractivity contribution in [2.75, 3.05) is 5.32 Å². The van der Waals surface area contributed by atoms with Crippen LogP contribution < -0.4 is 10.0 Å². The van der Waals surface area contributed by atoms with Crippen LogP contribution in [0.1, 0.15) is 34.1 Å². The molecule has 2 rings (SSSR count). The number of benzene rings is 1. The van der Waals surface area contributed by atoms with Crippen molar-refractivity contribution in [3.63, 3.8) is 0 Å². The smallest absolute Gasteiger partial charge is 0.241 e. The molecule has 0 radical (unpaired) electrons. The van der Waals surface area contributed by atoms with Crippen LogP contribution >= 0.6 is 11.8 Å². The van der Waals surface area contributed by atoms with Gasteiger partial charge in [0.2, 0.25) is 15.9 Å². The summed E-state index contributed by atoms with van der Waals surface area (Å²) >= 11 is 1.57. The average Bonchev–Trinajstić information content (AvgIpc) is 2.41. The standard InChI is InChI=1S/C14H20N2O3S2/c1-9-7-13(17)15-11-8-10(5-6-12(11)20-9)21(18,19)16-14(2,3)4/h5-6,8-9,16H,7H2,1-4H3,(H,15,17). The Balaban J connectivity index is 2.39. The van der Waals surface area contributed by atoms with Gasteiger partial charge in [-0.25, -0.2) is 13.1 Å². The van der Waals surface area contributed by atoms with Gasteiger partial charge in [0, 0.05) is 22.1 Å². The Bertz CT molecular complexity index is 663. The van der Waals surface area contributed by atoms with Gasteiger partial charge in [-0.2, -0.15) is 0 Å². The number of hydrogen-bond donors (Lipinski definition) is 2. The molecule has 1 aliphatic heterocycles. The average molecular weight is 328 g/mol. The fourth-order valence-electron chi connectivity index (χ4n) is 2.06. The van der Waals surface area contributed by atoms with Crippen LogP contribution in [0, 0.1) is 0 Å². The van der Waals surface area contributed by atoms with Crippen LogP contribution in [0.5, 0.6) is 0 Å². The van der Waals surface area contributed by atoms with E-state index >= 15 is 0 Å². The molecule has 7 heteroatoms. The number of carbonyl (C=O) groups is 1. The highest BCUT2D eigenvalue weighted by Gasteiger charge is 2.25. The first-order valence-electron chi connectivity index (χ1n) is 6.71. The first kappa shape index (κ1) is 16.3. The molecule has 116 valence electrons. The normalized spacial score (nSPS) is 19.6. The zero-order valence-corrected chi connectivity index (χ0v) is 14.2. The third-order valence-corrected chi connectivity index (χ3v) is 5.71. The quantitative estimate of drug-likeness (QED) is 0.875. The van der Waals surface area contributed by atoms with Crippen molar-refractivity contribution in [2.24, 2.45) is 0 Å². The zero-order valence-electron chi connectivity index (χ0n) is 12.6. The molecule has 1 heterocycles. The maximum absolute atomic E-state index is 12.3. The number of carbonyl (C=O) groups excluding carboxylic acids is 1. The van der Waals surface area contributed by atoms with Gasteiger partial charge >= 0.3 is 0 Å². The number of amides is 1. The summed E-state index contributed by atoms with van der Waals surface area (Å²) in [7, 11) is -3.60. The van der Waals surface area contributed by atoms with E-state index in [-0.39, 0.29) is 16.1 Å². The summed E-state index contributed by atoms with van der Waals surface area (Å²) in [6.45, 7) is 7.33. The summed E-state index contributed by atoms with van der Waals surface area (Å²) in [5.74, 6) is -0.0907. The Labute approximate surface area is 129 Å². The highest BCUT2D eigenvalue weighted by atomic mass is 32.2. The number of fused-ring (bicyclic) bond motifs is 1. The molecule has 0 fully saturated rings. The molecule has 0 aromatic heterocycles. The SMILES string of the molecule is CC1CC(=O)Nc2cc(S(=O)(=O)NC(C)(C)C)ccc2S1. The van der Waals surface area contributed by atoms with Crippen molar-refractivity contribution in [3.05, 3.63) is 18.2 Å².